The molecular formula is C13H14BrClN2O2S. The van der Waals surface area contributed by atoms with E-state index < -0.39 is 5.54 Å². The molecule has 108 valence electrons. The second-order valence-corrected chi connectivity index (χ2v) is 7.96. The van der Waals surface area contributed by atoms with Crippen LogP contribution in [0.1, 0.15) is 18.2 Å². The predicted molar refractivity (Wildman–Crippen MR) is 83.9 cm³/mol. The number of carbonyl (C=O) groups excluding carboxylic acids is 2. The summed E-state index contributed by atoms with van der Waals surface area (Å²) in [7, 11) is 3.54. The van der Waals surface area contributed by atoms with Crippen LogP contribution in [0.25, 0.3) is 0 Å². The van der Waals surface area contributed by atoms with Crippen molar-refractivity contribution in [1.29, 1.82) is 0 Å². The summed E-state index contributed by atoms with van der Waals surface area (Å²) in [5.74, 6) is -0.538. The molecule has 1 atom stereocenters. The Kier molecular flexibility index (Phi) is 4.27. The van der Waals surface area contributed by atoms with Crippen LogP contribution < -0.4 is 5.32 Å². The van der Waals surface area contributed by atoms with Gasteiger partial charge in [-0.25, -0.2) is 0 Å². The third-order valence-corrected chi connectivity index (χ3v) is 5.31. The predicted octanol–water partition coefficient (Wildman–Crippen LogP) is 2.91. The highest BCUT2D eigenvalue weighted by atomic mass is 79.9. The smallest absolute Gasteiger partial charge is 0.257 e. The maximum Gasteiger partial charge on any atom is 0.257 e. The van der Waals surface area contributed by atoms with Crippen molar-refractivity contribution < 1.29 is 9.59 Å². The number of hydrogen-bond donors (Lipinski definition) is 1. The minimum Gasteiger partial charge on any atom is -0.383 e. The lowest BCUT2D eigenvalue weighted by atomic mass is 9.86. The van der Waals surface area contributed by atoms with Crippen molar-refractivity contribution >= 4 is 50.6 Å². The Morgan fingerprint density at radius 3 is 2.60 bits per heavy atom. The molecule has 1 aliphatic rings. The van der Waals surface area contributed by atoms with Gasteiger partial charge in [0.25, 0.3) is 5.91 Å². The van der Waals surface area contributed by atoms with E-state index >= 15 is 0 Å². The van der Waals surface area contributed by atoms with E-state index in [9.17, 15) is 9.59 Å². The van der Waals surface area contributed by atoms with Crippen LogP contribution in [0, 0.1) is 0 Å². The average Bonchev–Trinajstić information content (AvgIpc) is 2.63. The van der Waals surface area contributed by atoms with Crippen molar-refractivity contribution in [3.05, 3.63) is 31.5 Å². The van der Waals surface area contributed by atoms with Crippen LogP contribution in [-0.2, 0) is 15.1 Å². The number of nitrogens with zero attached hydrogens (tertiary/aromatic N) is 1. The molecule has 1 saturated heterocycles. The number of Topliss-reactive ketones (excluding diaryl/α,β-unsaturated/α-hetero) is 1. The lowest BCUT2D eigenvalue weighted by molar-refractivity contribution is -0.128. The first kappa shape index (κ1) is 15.5. The monoisotopic (exact) mass is 376 g/mol. The Bertz CT molecular complexity index is 590. The molecule has 1 fully saturated rings. The standard InChI is InChI=1S/C13H14BrClN2O2S/c1-13(11-8(15)4-10(14)20-11)5-9(18)7(6-17(2)3)12(19)16-13/h4,6H,5H2,1-3H3,(H,16,19)/t13-/m0/s1. The first-order valence-corrected chi connectivity index (χ1v) is 7.91. The SMILES string of the molecule is CN(C)C=C1C(=O)C[C@@](C)(c2sc(Br)cc2Cl)NC1=O. The number of piperidine rings is 1. The Morgan fingerprint density at radius 2 is 2.15 bits per heavy atom. The molecule has 0 radical (unpaired) electrons. The molecule has 1 N–H and O–H groups in total. The maximum atomic E-state index is 12.2. The first-order valence-electron chi connectivity index (χ1n) is 5.92. The molecular weight excluding hydrogens is 364 g/mol. The highest BCUT2D eigenvalue weighted by molar-refractivity contribution is 9.11. The van der Waals surface area contributed by atoms with Crippen LogP contribution in [-0.4, -0.2) is 30.7 Å². The summed E-state index contributed by atoms with van der Waals surface area (Å²) in [6, 6.07) is 1.77. The zero-order valence-corrected chi connectivity index (χ0v) is 14.4. The normalized spacial score (nSPS) is 24.9. The summed E-state index contributed by atoms with van der Waals surface area (Å²) < 4.78 is 0.870. The van der Waals surface area contributed by atoms with Crippen LogP contribution in [0.2, 0.25) is 5.02 Å². The summed E-state index contributed by atoms with van der Waals surface area (Å²) in [4.78, 5) is 26.9. The van der Waals surface area contributed by atoms with Gasteiger partial charge in [-0.3, -0.25) is 9.59 Å². The van der Waals surface area contributed by atoms with Gasteiger partial charge in [0, 0.05) is 26.7 Å². The van der Waals surface area contributed by atoms with Gasteiger partial charge in [0.05, 0.1) is 24.8 Å². The zero-order chi connectivity index (χ0) is 15.1. The lowest BCUT2D eigenvalue weighted by Crippen LogP contribution is -2.51. The number of ketones is 1. The average molecular weight is 378 g/mol. The Labute approximate surface area is 134 Å². The molecule has 1 aromatic heterocycles. The number of hydrogen-bond acceptors (Lipinski definition) is 4. The van der Waals surface area contributed by atoms with Gasteiger partial charge in [0.15, 0.2) is 5.78 Å². The molecule has 1 aromatic rings. The number of rotatable bonds is 2. The minimum atomic E-state index is -0.758. The van der Waals surface area contributed by atoms with Crippen molar-refractivity contribution in [3.8, 4) is 0 Å². The molecule has 0 saturated carbocycles. The van der Waals surface area contributed by atoms with Gasteiger partial charge in [-0.1, -0.05) is 11.6 Å². The Morgan fingerprint density at radius 1 is 1.50 bits per heavy atom. The Balaban J connectivity index is 2.37. The fourth-order valence-corrected chi connectivity index (χ4v) is 4.37. The molecule has 1 amide bonds. The van der Waals surface area contributed by atoms with Crippen LogP contribution >= 0.6 is 38.9 Å². The van der Waals surface area contributed by atoms with Crippen LogP contribution in [0.4, 0.5) is 0 Å². The molecule has 4 nitrogen and oxygen atoms in total. The number of halogens is 2. The summed E-state index contributed by atoms with van der Waals surface area (Å²) in [5, 5.41) is 3.45. The van der Waals surface area contributed by atoms with Gasteiger partial charge in [-0.2, -0.15) is 0 Å². The van der Waals surface area contributed by atoms with E-state index in [2.05, 4.69) is 21.2 Å². The number of carbonyl (C=O) groups is 2. The molecule has 1 aliphatic heterocycles. The fourth-order valence-electron chi connectivity index (χ4n) is 2.15. The van der Waals surface area contributed by atoms with Crippen molar-refractivity contribution in [2.24, 2.45) is 0 Å². The van der Waals surface area contributed by atoms with Gasteiger partial charge >= 0.3 is 0 Å². The van der Waals surface area contributed by atoms with Crippen molar-refractivity contribution in [1.82, 2.24) is 10.2 Å². The van der Waals surface area contributed by atoms with Gasteiger partial charge in [0.2, 0.25) is 0 Å². The van der Waals surface area contributed by atoms with Crippen molar-refractivity contribution in [2.75, 3.05) is 14.1 Å². The molecule has 2 heterocycles. The van der Waals surface area contributed by atoms with Crippen molar-refractivity contribution in [2.45, 2.75) is 18.9 Å². The van der Waals surface area contributed by atoms with E-state index in [0.29, 0.717) is 5.02 Å². The molecule has 2 rings (SSSR count). The van der Waals surface area contributed by atoms with E-state index in [4.69, 9.17) is 11.6 Å². The van der Waals surface area contributed by atoms with E-state index in [0.717, 1.165) is 8.66 Å². The molecule has 0 aromatic carbocycles. The number of amides is 1. The lowest BCUT2D eigenvalue weighted by Gasteiger charge is -2.34. The quantitative estimate of drug-likeness (QED) is 0.637. The van der Waals surface area contributed by atoms with Gasteiger partial charge in [-0.15, -0.1) is 11.3 Å². The van der Waals surface area contributed by atoms with Crippen LogP contribution in [0.15, 0.2) is 21.6 Å². The minimum absolute atomic E-state index is 0.175. The molecule has 0 unspecified atom stereocenters. The number of thiophene rings is 1. The summed E-state index contributed by atoms with van der Waals surface area (Å²) in [5.41, 5.74) is -0.579. The molecule has 20 heavy (non-hydrogen) atoms. The second-order valence-electron chi connectivity index (χ2n) is 5.12. The summed E-state index contributed by atoms with van der Waals surface area (Å²) >= 11 is 11.0. The van der Waals surface area contributed by atoms with Gasteiger partial charge in [0.1, 0.15) is 0 Å². The van der Waals surface area contributed by atoms with Crippen LogP contribution in [0.5, 0.6) is 0 Å². The summed E-state index contributed by atoms with van der Waals surface area (Å²) in [6.45, 7) is 1.82. The zero-order valence-electron chi connectivity index (χ0n) is 11.3. The molecule has 7 heteroatoms. The number of nitrogens with one attached hydrogen (secondary N) is 1. The highest BCUT2D eigenvalue weighted by Gasteiger charge is 2.41. The fraction of sp³-hybridized carbons (Fsp3) is 0.385. The van der Waals surface area contributed by atoms with Crippen molar-refractivity contribution in [3.63, 3.8) is 0 Å². The Hall–Kier alpha value is -0.850. The molecule has 0 bridgehead atoms. The van der Waals surface area contributed by atoms with E-state index in [1.807, 2.05) is 6.92 Å². The third kappa shape index (κ3) is 2.92. The van der Waals surface area contributed by atoms with E-state index in [1.54, 1.807) is 31.3 Å². The third-order valence-electron chi connectivity index (χ3n) is 2.99. The molecule has 0 spiro atoms. The second kappa shape index (κ2) is 5.50. The maximum absolute atomic E-state index is 12.2. The highest BCUT2D eigenvalue weighted by Crippen LogP contribution is 2.41. The van der Waals surface area contributed by atoms with Gasteiger partial charge in [-0.05, 0) is 28.9 Å². The van der Waals surface area contributed by atoms with Gasteiger partial charge < -0.3 is 10.2 Å². The summed E-state index contributed by atoms with van der Waals surface area (Å²) in [6.07, 6.45) is 1.74. The van der Waals surface area contributed by atoms with Crippen LogP contribution in [0.3, 0.4) is 0 Å². The first-order chi connectivity index (χ1) is 9.23. The topological polar surface area (TPSA) is 49.4 Å². The van der Waals surface area contributed by atoms with E-state index in [1.165, 1.54) is 11.3 Å². The van der Waals surface area contributed by atoms with E-state index in [-0.39, 0.29) is 23.7 Å². The largest absolute Gasteiger partial charge is 0.383 e. The molecule has 0 aliphatic carbocycles.